The van der Waals surface area contributed by atoms with Crippen LogP contribution < -0.4 is 0 Å². The summed E-state index contributed by atoms with van der Waals surface area (Å²) in [5, 5.41) is 19.5. The molecule has 0 aliphatic rings. The summed E-state index contributed by atoms with van der Waals surface area (Å²) in [6, 6.07) is 8.08. The minimum absolute atomic E-state index is 0.00799. The monoisotopic (exact) mass is 269 g/mol. The normalized spacial score (nSPS) is 10.5. The number of aromatic nitrogens is 1. The summed E-state index contributed by atoms with van der Waals surface area (Å²) in [6.45, 7) is -0.203. The summed E-state index contributed by atoms with van der Waals surface area (Å²) < 4.78 is 0. The lowest BCUT2D eigenvalue weighted by atomic mass is 10.1. The average molecular weight is 270 g/mol. The minimum Gasteiger partial charge on any atom is -0.506 e. The van der Waals surface area contributed by atoms with E-state index < -0.39 is 0 Å². The number of halogens is 2. The number of nitrogens with zero attached hydrogens (tertiary/aromatic N) is 1. The van der Waals surface area contributed by atoms with E-state index in [0.717, 1.165) is 0 Å². The first kappa shape index (κ1) is 12.2. The predicted molar refractivity (Wildman–Crippen MR) is 67.3 cm³/mol. The van der Waals surface area contributed by atoms with E-state index in [-0.39, 0.29) is 12.4 Å². The Morgan fingerprint density at radius 1 is 1.12 bits per heavy atom. The van der Waals surface area contributed by atoms with E-state index in [0.29, 0.717) is 27.0 Å². The van der Waals surface area contributed by atoms with Crippen LogP contribution in [0.4, 0.5) is 0 Å². The highest BCUT2D eigenvalue weighted by atomic mass is 35.5. The fraction of sp³-hybridized carbons (Fsp3) is 0.0833. The number of benzene rings is 1. The van der Waals surface area contributed by atoms with Gasteiger partial charge in [0.15, 0.2) is 0 Å². The maximum absolute atomic E-state index is 9.75. The van der Waals surface area contributed by atoms with E-state index >= 15 is 0 Å². The molecule has 0 fully saturated rings. The molecule has 0 aliphatic heterocycles. The van der Waals surface area contributed by atoms with Crippen LogP contribution in [0.25, 0.3) is 11.3 Å². The smallest absolute Gasteiger partial charge is 0.141 e. The zero-order valence-electron chi connectivity index (χ0n) is 8.69. The lowest BCUT2D eigenvalue weighted by Crippen LogP contribution is -1.93. The molecule has 1 aromatic heterocycles. The standard InChI is InChI=1S/C12H9Cl2NO2/c13-9-3-1-2-8(11(9)14)12-10(17)5-4-7(6-16)15-12/h1-5,16-17H,6H2. The fourth-order valence-electron chi connectivity index (χ4n) is 1.47. The maximum Gasteiger partial charge on any atom is 0.141 e. The number of rotatable bonds is 2. The third-order valence-electron chi connectivity index (χ3n) is 2.30. The largest absolute Gasteiger partial charge is 0.506 e. The molecule has 17 heavy (non-hydrogen) atoms. The van der Waals surface area contributed by atoms with Crippen LogP contribution in [0, 0.1) is 0 Å². The fourth-order valence-corrected chi connectivity index (χ4v) is 1.86. The second kappa shape index (κ2) is 4.92. The molecule has 0 aliphatic carbocycles. The highest BCUT2D eigenvalue weighted by Gasteiger charge is 2.12. The molecule has 1 aromatic carbocycles. The molecule has 0 unspecified atom stereocenters. The van der Waals surface area contributed by atoms with Crippen LogP contribution in [0.3, 0.4) is 0 Å². The van der Waals surface area contributed by atoms with Crippen LogP contribution in [0.2, 0.25) is 10.0 Å². The molecule has 1 heterocycles. The van der Waals surface area contributed by atoms with Crippen LogP contribution in [0.5, 0.6) is 5.75 Å². The lowest BCUT2D eigenvalue weighted by molar-refractivity contribution is 0.276. The van der Waals surface area contributed by atoms with Crippen molar-refractivity contribution < 1.29 is 10.2 Å². The first-order chi connectivity index (χ1) is 8.13. The molecule has 2 N–H and O–H groups in total. The molecule has 0 amide bonds. The van der Waals surface area contributed by atoms with Crippen LogP contribution >= 0.6 is 23.2 Å². The second-order valence-electron chi connectivity index (χ2n) is 3.43. The topological polar surface area (TPSA) is 53.4 Å². The van der Waals surface area contributed by atoms with Crippen molar-refractivity contribution in [1.82, 2.24) is 4.98 Å². The molecule has 5 heteroatoms. The zero-order chi connectivity index (χ0) is 12.4. The van der Waals surface area contributed by atoms with Crippen molar-refractivity contribution in [2.75, 3.05) is 0 Å². The molecule has 0 saturated carbocycles. The van der Waals surface area contributed by atoms with Gasteiger partial charge in [-0.15, -0.1) is 0 Å². The number of hydrogen-bond acceptors (Lipinski definition) is 3. The van der Waals surface area contributed by atoms with Gasteiger partial charge in [-0.25, -0.2) is 4.98 Å². The van der Waals surface area contributed by atoms with E-state index in [2.05, 4.69) is 4.98 Å². The van der Waals surface area contributed by atoms with Gasteiger partial charge in [-0.1, -0.05) is 35.3 Å². The van der Waals surface area contributed by atoms with Crippen molar-refractivity contribution in [3.05, 3.63) is 46.1 Å². The SMILES string of the molecule is OCc1ccc(O)c(-c2cccc(Cl)c2Cl)n1. The Balaban J connectivity index is 2.63. The third-order valence-corrected chi connectivity index (χ3v) is 3.12. The van der Waals surface area contributed by atoms with E-state index in [1.54, 1.807) is 18.2 Å². The summed E-state index contributed by atoms with van der Waals surface area (Å²) in [5.74, 6) is -0.00799. The van der Waals surface area contributed by atoms with Crippen molar-refractivity contribution >= 4 is 23.2 Å². The average Bonchev–Trinajstić information content (AvgIpc) is 2.34. The number of aliphatic hydroxyl groups is 1. The first-order valence-corrected chi connectivity index (χ1v) is 5.63. The van der Waals surface area contributed by atoms with Crippen molar-refractivity contribution in [3.8, 4) is 17.0 Å². The van der Waals surface area contributed by atoms with Gasteiger partial charge in [0.2, 0.25) is 0 Å². The Bertz CT molecular complexity index is 558. The molecular formula is C12H9Cl2NO2. The molecule has 0 radical (unpaired) electrons. The van der Waals surface area contributed by atoms with Crippen molar-refractivity contribution in [1.29, 1.82) is 0 Å². The van der Waals surface area contributed by atoms with Crippen molar-refractivity contribution in [3.63, 3.8) is 0 Å². The van der Waals surface area contributed by atoms with Gasteiger partial charge in [-0.2, -0.15) is 0 Å². The molecule has 0 spiro atoms. The van der Waals surface area contributed by atoms with Gasteiger partial charge in [0.25, 0.3) is 0 Å². The Morgan fingerprint density at radius 3 is 2.59 bits per heavy atom. The van der Waals surface area contributed by atoms with E-state index in [1.807, 2.05) is 0 Å². The summed E-state index contributed by atoms with van der Waals surface area (Å²) in [4.78, 5) is 4.12. The predicted octanol–water partition coefficient (Wildman–Crippen LogP) is 3.25. The van der Waals surface area contributed by atoms with Gasteiger partial charge in [-0.3, -0.25) is 0 Å². The molecule has 0 bridgehead atoms. The van der Waals surface area contributed by atoms with Crippen LogP contribution in [-0.2, 0) is 6.61 Å². The molecule has 2 aromatic rings. The van der Waals surface area contributed by atoms with Gasteiger partial charge in [0.1, 0.15) is 11.4 Å². The molecule has 3 nitrogen and oxygen atoms in total. The minimum atomic E-state index is -0.203. The third kappa shape index (κ3) is 2.36. The van der Waals surface area contributed by atoms with E-state index in [1.165, 1.54) is 12.1 Å². The van der Waals surface area contributed by atoms with Gasteiger partial charge < -0.3 is 10.2 Å². The highest BCUT2D eigenvalue weighted by molar-refractivity contribution is 6.43. The Labute approximate surface area is 108 Å². The summed E-state index contributed by atoms with van der Waals surface area (Å²) in [5.41, 5.74) is 1.30. The van der Waals surface area contributed by atoms with Gasteiger partial charge in [0.05, 0.1) is 22.3 Å². The Kier molecular flexibility index (Phi) is 3.52. The number of aliphatic hydroxyl groups excluding tert-OH is 1. The van der Waals surface area contributed by atoms with Gasteiger partial charge in [-0.05, 0) is 18.2 Å². The number of hydrogen-bond donors (Lipinski definition) is 2. The molecule has 88 valence electrons. The zero-order valence-corrected chi connectivity index (χ0v) is 10.2. The van der Waals surface area contributed by atoms with Gasteiger partial charge >= 0.3 is 0 Å². The number of pyridine rings is 1. The molecule has 2 rings (SSSR count). The second-order valence-corrected chi connectivity index (χ2v) is 4.21. The van der Waals surface area contributed by atoms with Crippen molar-refractivity contribution in [2.45, 2.75) is 6.61 Å². The summed E-state index contributed by atoms with van der Waals surface area (Å²) >= 11 is 11.9. The quantitative estimate of drug-likeness (QED) is 0.880. The molecule has 0 atom stereocenters. The van der Waals surface area contributed by atoms with Crippen LogP contribution in [0.15, 0.2) is 30.3 Å². The summed E-state index contributed by atoms with van der Waals surface area (Å²) in [7, 11) is 0. The van der Waals surface area contributed by atoms with E-state index in [9.17, 15) is 5.11 Å². The molecule has 0 saturated heterocycles. The Morgan fingerprint density at radius 2 is 1.88 bits per heavy atom. The van der Waals surface area contributed by atoms with Gasteiger partial charge in [0, 0.05) is 5.56 Å². The Hall–Kier alpha value is -1.29. The first-order valence-electron chi connectivity index (χ1n) is 4.87. The number of aromatic hydroxyl groups is 1. The highest BCUT2D eigenvalue weighted by Crippen LogP contribution is 2.36. The lowest BCUT2D eigenvalue weighted by Gasteiger charge is -2.08. The molecular weight excluding hydrogens is 261 g/mol. The van der Waals surface area contributed by atoms with Crippen LogP contribution in [-0.4, -0.2) is 15.2 Å². The summed E-state index contributed by atoms with van der Waals surface area (Å²) in [6.07, 6.45) is 0. The van der Waals surface area contributed by atoms with Crippen LogP contribution in [0.1, 0.15) is 5.69 Å². The maximum atomic E-state index is 9.75. The van der Waals surface area contributed by atoms with E-state index in [4.69, 9.17) is 28.3 Å². The van der Waals surface area contributed by atoms with Crippen molar-refractivity contribution in [2.24, 2.45) is 0 Å².